The van der Waals surface area contributed by atoms with Gasteiger partial charge in [0.15, 0.2) is 0 Å². The van der Waals surface area contributed by atoms with Crippen LogP contribution in [0.3, 0.4) is 0 Å². The summed E-state index contributed by atoms with van der Waals surface area (Å²) in [4.78, 5) is 25.1. The summed E-state index contributed by atoms with van der Waals surface area (Å²) in [5, 5.41) is 6.72. The van der Waals surface area contributed by atoms with Crippen LogP contribution in [0.4, 0.5) is 5.69 Å². The Morgan fingerprint density at radius 1 is 1.15 bits per heavy atom. The number of hydrogen-bond donors (Lipinski definition) is 1. The summed E-state index contributed by atoms with van der Waals surface area (Å²) in [7, 11) is 3.41. The van der Waals surface area contributed by atoms with Crippen LogP contribution in [-0.4, -0.2) is 30.8 Å². The molecule has 0 fully saturated rings. The fourth-order valence-corrected chi connectivity index (χ4v) is 2.41. The van der Waals surface area contributed by atoms with Crippen LogP contribution in [0.25, 0.3) is 0 Å². The van der Waals surface area contributed by atoms with Gasteiger partial charge in [-0.25, -0.2) is 0 Å². The van der Waals surface area contributed by atoms with E-state index in [9.17, 15) is 9.59 Å². The number of carbonyl (C=O) groups excluding carboxylic acids is 2. The summed E-state index contributed by atoms with van der Waals surface area (Å²) < 4.78 is 0. The van der Waals surface area contributed by atoms with Gasteiger partial charge < -0.3 is 10.2 Å². The predicted molar refractivity (Wildman–Crippen MR) is 81.1 cm³/mol. The Labute approximate surface area is 122 Å². The Balaban J connectivity index is 1.97. The van der Waals surface area contributed by atoms with Crippen molar-refractivity contribution in [2.24, 2.45) is 0 Å². The molecule has 4 nitrogen and oxygen atoms in total. The van der Waals surface area contributed by atoms with Gasteiger partial charge >= 0.3 is 0 Å². The van der Waals surface area contributed by atoms with Crippen LogP contribution in [-0.2, 0) is 11.2 Å². The van der Waals surface area contributed by atoms with E-state index < -0.39 is 0 Å². The molecular weight excluding hydrogens is 272 g/mol. The van der Waals surface area contributed by atoms with Crippen molar-refractivity contribution in [3.63, 3.8) is 0 Å². The van der Waals surface area contributed by atoms with E-state index >= 15 is 0 Å². The summed E-state index contributed by atoms with van der Waals surface area (Å²) in [6, 6.07) is 8.83. The normalized spacial score (nSPS) is 10.1. The lowest BCUT2D eigenvalue weighted by Crippen LogP contribution is -2.21. The van der Waals surface area contributed by atoms with Crippen molar-refractivity contribution in [3.8, 4) is 0 Å². The van der Waals surface area contributed by atoms with Gasteiger partial charge in [0.1, 0.15) is 0 Å². The van der Waals surface area contributed by atoms with E-state index in [4.69, 9.17) is 0 Å². The molecule has 20 heavy (non-hydrogen) atoms. The van der Waals surface area contributed by atoms with Gasteiger partial charge in [0, 0.05) is 25.3 Å². The minimum absolute atomic E-state index is 0.0545. The van der Waals surface area contributed by atoms with Crippen LogP contribution < -0.4 is 5.32 Å². The zero-order chi connectivity index (χ0) is 14.5. The highest BCUT2D eigenvalue weighted by atomic mass is 32.1. The number of benzene rings is 1. The third-order valence-electron chi connectivity index (χ3n) is 2.77. The molecule has 0 saturated heterocycles. The second-order valence-corrected chi connectivity index (χ2v) is 5.41. The van der Waals surface area contributed by atoms with Gasteiger partial charge in [0.05, 0.1) is 6.42 Å². The van der Waals surface area contributed by atoms with E-state index in [1.165, 1.54) is 4.90 Å². The molecule has 0 spiro atoms. The van der Waals surface area contributed by atoms with Crippen LogP contribution in [0.1, 0.15) is 15.9 Å². The molecule has 0 bridgehead atoms. The Hall–Kier alpha value is -2.14. The minimum atomic E-state index is -0.0601. The van der Waals surface area contributed by atoms with Crippen LogP contribution in [0.2, 0.25) is 0 Å². The largest absolute Gasteiger partial charge is 0.345 e. The maximum atomic E-state index is 11.8. The summed E-state index contributed by atoms with van der Waals surface area (Å²) in [5.74, 6) is -0.115. The number of rotatable bonds is 4. The number of thiophene rings is 1. The van der Waals surface area contributed by atoms with Gasteiger partial charge in [-0.1, -0.05) is 0 Å². The number of carbonyl (C=O) groups is 2. The van der Waals surface area contributed by atoms with Crippen LogP contribution in [0.15, 0.2) is 41.1 Å². The molecule has 0 unspecified atom stereocenters. The van der Waals surface area contributed by atoms with Crippen molar-refractivity contribution in [3.05, 3.63) is 52.2 Å². The van der Waals surface area contributed by atoms with Gasteiger partial charge in [-0.05, 0) is 46.7 Å². The first-order valence-corrected chi connectivity index (χ1v) is 7.13. The highest BCUT2D eigenvalue weighted by Crippen LogP contribution is 2.12. The fraction of sp³-hybridized carbons (Fsp3) is 0.200. The molecule has 0 atom stereocenters. The van der Waals surface area contributed by atoms with E-state index in [1.807, 2.05) is 16.8 Å². The Bertz CT molecular complexity index is 589. The number of amides is 2. The maximum Gasteiger partial charge on any atom is 0.253 e. The van der Waals surface area contributed by atoms with Crippen molar-refractivity contribution >= 4 is 28.8 Å². The number of nitrogens with zero attached hydrogens (tertiary/aromatic N) is 1. The third kappa shape index (κ3) is 3.68. The lowest BCUT2D eigenvalue weighted by Gasteiger charge is -2.10. The predicted octanol–water partition coefficient (Wildman–Crippen LogP) is 2.63. The summed E-state index contributed by atoms with van der Waals surface area (Å²) >= 11 is 1.57. The van der Waals surface area contributed by atoms with Crippen molar-refractivity contribution < 1.29 is 9.59 Å². The lowest BCUT2D eigenvalue weighted by atomic mass is 10.2. The topological polar surface area (TPSA) is 49.4 Å². The van der Waals surface area contributed by atoms with Gasteiger partial charge in [-0.15, -0.1) is 0 Å². The highest BCUT2D eigenvalue weighted by molar-refractivity contribution is 7.08. The highest BCUT2D eigenvalue weighted by Gasteiger charge is 2.08. The second-order valence-electron chi connectivity index (χ2n) is 4.63. The average Bonchev–Trinajstić information content (AvgIpc) is 2.91. The summed E-state index contributed by atoms with van der Waals surface area (Å²) in [5.41, 5.74) is 2.30. The lowest BCUT2D eigenvalue weighted by molar-refractivity contribution is -0.115. The molecule has 0 saturated carbocycles. The molecule has 1 N–H and O–H groups in total. The Morgan fingerprint density at radius 2 is 1.85 bits per heavy atom. The first kappa shape index (κ1) is 14.3. The second kappa shape index (κ2) is 6.34. The van der Waals surface area contributed by atoms with Crippen LogP contribution in [0.5, 0.6) is 0 Å². The zero-order valence-electron chi connectivity index (χ0n) is 11.4. The molecule has 5 heteroatoms. The van der Waals surface area contributed by atoms with Crippen molar-refractivity contribution in [1.29, 1.82) is 0 Å². The van der Waals surface area contributed by atoms with E-state index in [-0.39, 0.29) is 11.8 Å². The zero-order valence-corrected chi connectivity index (χ0v) is 12.2. The number of hydrogen-bond acceptors (Lipinski definition) is 3. The van der Waals surface area contributed by atoms with Gasteiger partial charge in [-0.2, -0.15) is 11.3 Å². The van der Waals surface area contributed by atoms with E-state index in [0.29, 0.717) is 17.7 Å². The number of anilines is 1. The van der Waals surface area contributed by atoms with E-state index in [0.717, 1.165) is 5.56 Å². The van der Waals surface area contributed by atoms with Gasteiger partial charge in [-0.3, -0.25) is 9.59 Å². The molecule has 2 aromatic rings. The average molecular weight is 288 g/mol. The maximum absolute atomic E-state index is 11.8. The first-order valence-electron chi connectivity index (χ1n) is 6.19. The molecule has 1 aromatic carbocycles. The van der Waals surface area contributed by atoms with Crippen molar-refractivity contribution in [2.45, 2.75) is 6.42 Å². The molecule has 1 aromatic heterocycles. The van der Waals surface area contributed by atoms with E-state index in [2.05, 4.69) is 5.32 Å². The summed E-state index contributed by atoms with van der Waals surface area (Å²) in [6.45, 7) is 0. The summed E-state index contributed by atoms with van der Waals surface area (Å²) in [6.07, 6.45) is 0.363. The molecule has 0 aliphatic heterocycles. The number of nitrogens with one attached hydrogen (secondary N) is 1. The molecule has 0 aliphatic carbocycles. The van der Waals surface area contributed by atoms with Gasteiger partial charge in [0.2, 0.25) is 5.91 Å². The van der Waals surface area contributed by atoms with E-state index in [1.54, 1.807) is 49.7 Å². The molecule has 2 amide bonds. The van der Waals surface area contributed by atoms with Crippen LogP contribution in [0, 0.1) is 0 Å². The smallest absolute Gasteiger partial charge is 0.253 e. The van der Waals surface area contributed by atoms with Gasteiger partial charge in [0.25, 0.3) is 5.91 Å². The van der Waals surface area contributed by atoms with Crippen LogP contribution >= 0.6 is 11.3 Å². The third-order valence-corrected chi connectivity index (χ3v) is 3.50. The van der Waals surface area contributed by atoms with Crippen molar-refractivity contribution in [1.82, 2.24) is 4.90 Å². The SMILES string of the molecule is CN(C)C(=O)c1ccc(NC(=O)Cc2ccsc2)cc1. The Kier molecular flexibility index (Phi) is 4.53. The monoisotopic (exact) mass is 288 g/mol. The molecule has 2 rings (SSSR count). The van der Waals surface area contributed by atoms with Crippen molar-refractivity contribution in [2.75, 3.05) is 19.4 Å². The molecule has 104 valence electrons. The molecular formula is C15H16N2O2S. The molecule has 0 aliphatic rings. The Morgan fingerprint density at radius 3 is 2.40 bits per heavy atom. The molecule has 1 heterocycles. The minimum Gasteiger partial charge on any atom is -0.345 e. The first-order chi connectivity index (χ1) is 9.56. The fourth-order valence-electron chi connectivity index (χ4n) is 1.74. The molecule has 0 radical (unpaired) electrons. The quantitative estimate of drug-likeness (QED) is 0.940. The standard InChI is InChI=1S/C15H16N2O2S/c1-17(2)15(19)12-3-5-13(6-4-12)16-14(18)9-11-7-8-20-10-11/h3-8,10H,9H2,1-2H3,(H,16,18).